The summed E-state index contributed by atoms with van der Waals surface area (Å²) < 4.78 is 5.19. The smallest absolute Gasteiger partial charge is 0.191 e. The van der Waals surface area contributed by atoms with Crippen LogP contribution < -0.4 is 10.6 Å². The van der Waals surface area contributed by atoms with Crippen LogP contribution in [-0.4, -0.2) is 68.8 Å². The largest absolute Gasteiger partial charge is 0.383 e. The van der Waals surface area contributed by atoms with E-state index in [2.05, 4.69) is 25.5 Å². The molecule has 1 aromatic rings. The zero-order chi connectivity index (χ0) is 16.3. The molecule has 7 heteroatoms. The number of halogens is 1. The molecule has 136 valence electrons. The lowest BCUT2D eigenvalue weighted by molar-refractivity contribution is 0.141. The van der Waals surface area contributed by atoms with E-state index in [1.165, 1.54) is 19.4 Å². The fourth-order valence-electron chi connectivity index (χ4n) is 2.92. The van der Waals surface area contributed by atoms with E-state index in [0.29, 0.717) is 6.04 Å². The van der Waals surface area contributed by atoms with E-state index in [4.69, 9.17) is 4.74 Å². The average Bonchev–Trinajstić information content (AvgIpc) is 3.04. The van der Waals surface area contributed by atoms with Crippen molar-refractivity contribution in [2.45, 2.75) is 25.3 Å². The van der Waals surface area contributed by atoms with Crippen molar-refractivity contribution in [3.8, 4) is 0 Å². The maximum absolute atomic E-state index is 5.19. The molecule has 2 N–H and O–H groups in total. The number of pyridine rings is 1. The summed E-state index contributed by atoms with van der Waals surface area (Å²) in [5, 5.41) is 6.80. The standard InChI is InChI=1S/C17H29N5O.HI/c1-18-17(20-10-8-15-6-3-4-9-19-15)21-14-16-7-5-11-22(16)12-13-23-2;/h3-4,6,9,16H,5,7-8,10-14H2,1-2H3,(H2,18,20,21);1H. The molecular formula is C17H30IN5O. The van der Waals surface area contributed by atoms with Gasteiger partial charge >= 0.3 is 0 Å². The molecule has 2 heterocycles. The molecule has 0 amide bonds. The SMILES string of the molecule is CN=C(NCCc1ccccn1)NCC1CCCN1CCOC.I. The van der Waals surface area contributed by atoms with Crippen LogP contribution in [0.25, 0.3) is 0 Å². The Bertz CT molecular complexity index is 471. The molecule has 0 aromatic carbocycles. The Labute approximate surface area is 162 Å². The summed E-state index contributed by atoms with van der Waals surface area (Å²) >= 11 is 0. The van der Waals surface area contributed by atoms with E-state index < -0.39 is 0 Å². The van der Waals surface area contributed by atoms with E-state index >= 15 is 0 Å². The van der Waals surface area contributed by atoms with Crippen molar-refractivity contribution in [1.82, 2.24) is 20.5 Å². The van der Waals surface area contributed by atoms with Crippen molar-refractivity contribution in [3.63, 3.8) is 0 Å². The van der Waals surface area contributed by atoms with Gasteiger partial charge in [0.25, 0.3) is 0 Å². The lowest BCUT2D eigenvalue weighted by Crippen LogP contribution is -2.45. The van der Waals surface area contributed by atoms with Crippen LogP contribution in [0.3, 0.4) is 0 Å². The van der Waals surface area contributed by atoms with Crippen LogP contribution in [0.15, 0.2) is 29.4 Å². The number of rotatable bonds is 8. The van der Waals surface area contributed by atoms with Crippen molar-refractivity contribution in [2.24, 2.45) is 4.99 Å². The lowest BCUT2D eigenvalue weighted by Gasteiger charge is -2.25. The number of guanidine groups is 1. The van der Waals surface area contributed by atoms with Gasteiger partial charge in [-0.15, -0.1) is 24.0 Å². The molecule has 1 fully saturated rings. The van der Waals surface area contributed by atoms with Gasteiger partial charge in [0, 0.05) is 58.1 Å². The predicted octanol–water partition coefficient (Wildman–Crippen LogP) is 1.52. The molecule has 0 saturated carbocycles. The Kier molecular flexibility index (Phi) is 10.9. The number of nitrogens with one attached hydrogen (secondary N) is 2. The first kappa shape index (κ1) is 21.1. The van der Waals surface area contributed by atoms with Gasteiger partial charge in [0.2, 0.25) is 0 Å². The van der Waals surface area contributed by atoms with E-state index in [1.807, 2.05) is 31.4 Å². The van der Waals surface area contributed by atoms with Crippen molar-refractivity contribution >= 4 is 29.9 Å². The van der Waals surface area contributed by atoms with Gasteiger partial charge in [-0.3, -0.25) is 14.9 Å². The summed E-state index contributed by atoms with van der Waals surface area (Å²) in [6.07, 6.45) is 5.23. The van der Waals surface area contributed by atoms with Crippen LogP contribution in [0, 0.1) is 0 Å². The highest BCUT2D eigenvalue weighted by Gasteiger charge is 2.23. The summed E-state index contributed by atoms with van der Waals surface area (Å²) in [5.41, 5.74) is 1.09. The normalized spacial score (nSPS) is 18.2. The van der Waals surface area contributed by atoms with Gasteiger partial charge in [0.05, 0.1) is 6.61 Å². The highest BCUT2D eigenvalue weighted by Crippen LogP contribution is 2.15. The van der Waals surface area contributed by atoms with Gasteiger partial charge < -0.3 is 15.4 Å². The predicted molar refractivity (Wildman–Crippen MR) is 109 cm³/mol. The number of hydrogen-bond acceptors (Lipinski definition) is 4. The number of likely N-dealkylation sites (tertiary alicyclic amines) is 1. The van der Waals surface area contributed by atoms with Crippen LogP contribution in [0.1, 0.15) is 18.5 Å². The molecule has 1 unspecified atom stereocenters. The third-order valence-corrected chi connectivity index (χ3v) is 4.21. The Hall–Kier alpha value is -0.930. The summed E-state index contributed by atoms with van der Waals surface area (Å²) in [5.74, 6) is 0.861. The molecule has 1 atom stereocenters. The minimum atomic E-state index is 0. The third kappa shape index (κ3) is 7.31. The van der Waals surface area contributed by atoms with Gasteiger partial charge in [-0.05, 0) is 31.5 Å². The molecule has 0 spiro atoms. The fraction of sp³-hybridized carbons (Fsp3) is 0.647. The second kappa shape index (κ2) is 12.4. The van der Waals surface area contributed by atoms with Gasteiger partial charge in [0.1, 0.15) is 0 Å². The summed E-state index contributed by atoms with van der Waals surface area (Å²) in [4.78, 5) is 11.1. The third-order valence-electron chi connectivity index (χ3n) is 4.21. The maximum Gasteiger partial charge on any atom is 0.191 e. The van der Waals surface area contributed by atoms with Crippen LogP contribution in [0.2, 0.25) is 0 Å². The number of aromatic nitrogens is 1. The Morgan fingerprint density at radius 3 is 3.00 bits per heavy atom. The molecule has 6 nitrogen and oxygen atoms in total. The molecule has 0 radical (unpaired) electrons. The van der Waals surface area contributed by atoms with Crippen molar-refractivity contribution in [2.75, 3.05) is 46.9 Å². The number of nitrogens with zero attached hydrogens (tertiary/aromatic N) is 3. The Morgan fingerprint density at radius 2 is 2.29 bits per heavy atom. The zero-order valence-corrected chi connectivity index (χ0v) is 17.0. The molecule has 1 aliphatic heterocycles. The topological polar surface area (TPSA) is 61.8 Å². The summed E-state index contributed by atoms with van der Waals surface area (Å²) in [6.45, 7) is 4.73. The second-order valence-corrected chi connectivity index (χ2v) is 5.78. The number of methoxy groups -OCH3 is 1. The molecule has 2 rings (SSSR count). The highest BCUT2D eigenvalue weighted by molar-refractivity contribution is 14.0. The van der Waals surface area contributed by atoms with Crippen molar-refractivity contribution in [1.29, 1.82) is 0 Å². The van der Waals surface area contributed by atoms with Crippen LogP contribution in [0.4, 0.5) is 0 Å². The first-order valence-corrected chi connectivity index (χ1v) is 8.41. The van der Waals surface area contributed by atoms with E-state index in [1.54, 1.807) is 7.11 Å². The first-order valence-electron chi connectivity index (χ1n) is 8.41. The van der Waals surface area contributed by atoms with E-state index in [9.17, 15) is 0 Å². The highest BCUT2D eigenvalue weighted by atomic mass is 127. The molecule has 1 aliphatic rings. The van der Waals surface area contributed by atoms with Crippen LogP contribution >= 0.6 is 24.0 Å². The lowest BCUT2D eigenvalue weighted by atomic mass is 10.2. The molecule has 1 saturated heterocycles. The monoisotopic (exact) mass is 447 g/mol. The van der Waals surface area contributed by atoms with Crippen LogP contribution in [-0.2, 0) is 11.2 Å². The molecular weight excluding hydrogens is 417 g/mol. The van der Waals surface area contributed by atoms with Gasteiger partial charge in [-0.25, -0.2) is 0 Å². The number of hydrogen-bond donors (Lipinski definition) is 2. The van der Waals surface area contributed by atoms with Gasteiger partial charge in [-0.1, -0.05) is 6.07 Å². The molecule has 0 aliphatic carbocycles. The Morgan fingerprint density at radius 1 is 1.42 bits per heavy atom. The van der Waals surface area contributed by atoms with Gasteiger partial charge in [-0.2, -0.15) is 0 Å². The maximum atomic E-state index is 5.19. The summed E-state index contributed by atoms with van der Waals surface area (Å²) in [6, 6.07) is 6.57. The van der Waals surface area contributed by atoms with Crippen molar-refractivity contribution < 1.29 is 4.74 Å². The average molecular weight is 447 g/mol. The Balaban J connectivity index is 0.00000288. The van der Waals surface area contributed by atoms with E-state index in [-0.39, 0.29) is 24.0 Å². The quantitative estimate of drug-likeness (QED) is 0.360. The second-order valence-electron chi connectivity index (χ2n) is 5.78. The zero-order valence-electron chi connectivity index (χ0n) is 14.7. The van der Waals surface area contributed by atoms with Gasteiger partial charge in [0.15, 0.2) is 5.96 Å². The number of aliphatic imine (C=N–C) groups is 1. The van der Waals surface area contributed by atoms with Crippen LogP contribution in [0.5, 0.6) is 0 Å². The molecule has 24 heavy (non-hydrogen) atoms. The minimum absolute atomic E-state index is 0. The van der Waals surface area contributed by atoms with E-state index in [0.717, 1.165) is 44.3 Å². The molecule has 0 bridgehead atoms. The summed E-state index contributed by atoms with van der Waals surface area (Å²) in [7, 11) is 3.57. The first-order chi connectivity index (χ1) is 11.3. The number of ether oxygens (including phenoxy) is 1. The fourth-order valence-corrected chi connectivity index (χ4v) is 2.92. The van der Waals surface area contributed by atoms with Crippen molar-refractivity contribution in [3.05, 3.63) is 30.1 Å². The minimum Gasteiger partial charge on any atom is -0.383 e. The molecule has 1 aromatic heterocycles.